The van der Waals surface area contributed by atoms with Crippen LogP contribution in [0.25, 0.3) is 0 Å². The highest BCUT2D eigenvalue weighted by Gasteiger charge is 2.15. The molecule has 0 fully saturated rings. The van der Waals surface area contributed by atoms with Crippen molar-refractivity contribution >= 4 is 17.5 Å². The van der Waals surface area contributed by atoms with Gasteiger partial charge in [-0.1, -0.05) is 35.9 Å². The van der Waals surface area contributed by atoms with Gasteiger partial charge in [0.15, 0.2) is 0 Å². The fourth-order valence-electron chi connectivity index (χ4n) is 1.90. The summed E-state index contributed by atoms with van der Waals surface area (Å²) >= 11 is 5.85. The molecule has 0 spiro atoms. The van der Waals surface area contributed by atoms with Crippen LogP contribution >= 0.6 is 11.6 Å². The van der Waals surface area contributed by atoms with E-state index in [4.69, 9.17) is 11.6 Å². The molecule has 0 aliphatic heterocycles. The Balaban J connectivity index is 2.40. The highest BCUT2D eigenvalue weighted by Crippen LogP contribution is 2.24. The Morgan fingerprint density at radius 3 is 2.42 bits per heavy atom. The van der Waals surface area contributed by atoms with Crippen molar-refractivity contribution in [3.05, 3.63) is 70.5 Å². The van der Waals surface area contributed by atoms with Gasteiger partial charge in [-0.15, -0.1) is 0 Å². The first-order valence-electron chi connectivity index (χ1n) is 5.84. The molecule has 0 saturated heterocycles. The van der Waals surface area contributed by atoms with Gasteiger partial charge in [-0.05, 0) is 35.4 Å². The molecule has 0 aliphatic rings. The first-order valence-corrected chi connectivity index (χ1v) is 6.22. The first kappa shape index (κ1) is 13.6. The van der Waals surface area contributed by atoms with Gasteiger partial charge in [-0.3, -0.25) is 4.79 Å². The number of carbonyl (C=O) groups excluding carboxylic acids is 1. The molecule has 4 heteroatoms. The summed E-state index contributed by atoms with van der Waals surface area (Å²) in [4.78, 5) is 11.3. The smallest absolute Gasteiger partial charge is 0.217 e. The van der Waals surface area contributed by atoms with Crippen LogP contribution in [0.5, 0.6) is 0 Å². The van der Waals surface area contributed by atoms with Gasteiger partial charge in [-0.2, -0.15) is 0 Å². The zero-order valence-electron chi connectivity index (χ0n) is 10.4. The van der Waals surface area contributed by atoms with Crippen LogP contribution in [-0.2, 0) is 4.79 Å². The fraction of sp³-hybridized carbons (Fsp3) is 0.133. The Hall–Kier alpha value is -1.87. The molecule has 2 aromatic carbocycles. The van der Waals surface area contributed by atoms with E-state index < -0.39 is 0 Å². The fourth-order valence-corrected chi connectivity index (χ4v) is 2.03. The van der Waals surface area contributed by atoms with Crippen LogP contribution < -0.4 is 5.32 Å². The van der Waals surface area contributed by atoms with Crippen LogP contribution in [0.4, 0.5) is 4.39 Å². The lowest BCUT2D eigenvalue weighted by Crippen LogP contribution is -2.26. The molecule has 1 N–H and O–H groups in total. The number of hydrogen-bond donors (Lipinski definition) is 1. The molecule has 0 bridgehead atoms. The summed E-state index contributed by atoms with van der Waals surface area (Å²) in [5.74, 6) is -0.508. The molecular formula is C15H13ClFNO. The molecule has 19 heavy (non-hydrogen) atoms. The molecule has 1 atom stereocenters. The van der Waals surface area contributed by atoms with Crippen LogP contribution in [0.15, 0.2) is 48.5 Å². The Morgan fingerprint density at radius 1 is 1.16 bits per heavy atom. The van der Waals surface area contributed by atoms with Crippen molar-refractivity contribution in [2.24, 2.45) is 0 Å². The zero-order chi connectivity index (χ0) is 13.8. The molecule has 0 unspecified atom stereocenters. The predicted molar refractivity (Wildman–Crippen MR) is 73.5 cm³/mol. The number of hydrogen-bond acceptors (Lipinski definition) is 1. The Labute approximate surface area is 116 Å². The van der Waals surface area contributed by atoms with Crippen molar-refractivity contribution in [2.45, 2.75) is 13.0 Å². The van der Waals surface area contributed by atoms with E-state index in [1.165, 1.54) is 19.1 Å². The molecule has 2 rings (SSSR count). The minimum Gasteiger partial charge on any atom is -0.345 e. The number of benzene rings is 2. The Kier molecular flexibility index (Phi) is 4.17. The molecule has 0 aliphatic carbocycles. The van der Waals surface area contributed by atoms with E-state index in [9.17, 15) is 9.18 Å². The van der Waals surface area contributed by atoms with Crippen LogP contribution in [0, 0.1) is 5.82 Å². The average molecular weight is 278 g/mol. The van der Waals surface area contributed by atoms with Gasteiger partial charge in [0, 0.05) is 11.9 Å². The van der Waals surface area contributed by atoms with Gasteiger partial charge < -0.3 is 5.32 Å². The van der Waals surface area contributed by atoms with E-state index in [0.717, 1.165) is 5.56 Å². The third kappa shape index (κ3) is 3.55. The topological polar surface area (TPSA) is 29.1 Å². The van der Waals surface area contributed by atoms with Gasteiger partial charge >= 0.3 is 0 Å². The van der Waals surface area contributed by atoms with Gasteiger partial charge in [0.25, 0.3) is 0 Å². The highest BCUT2D eigenvalue weighted by molar-refractivity contribution is 6.30. The molecule has 0 saturated carbocycles. The summed E-state index contributed by atoms with van der Waals surface area (Å²) in [6, 6.07) is 12.9. The SMILES string of the molecule is CC(=O)N[C@H](c1ccc(Cl)cc1)c1cccc(F)c1. The third-order valence-electron chi connectivity index (χ3n) is 2.73. The zero-order valence-corrected chi connectivity index (χ0v) is 11.1. The monoisotopic (exact) mass is 277 g/mol. The van der Waals surface area contributed by atoms with E-state index in [0.29, 0.717) is 10.6 Å². The van der Waals surface area contributed by atoms with Crippen molar-refractivity contribution in [3.8, 4) is 0 Å². The minimum absolute atomic E-state index is 0.177. The summed E-state index contributed by atoms with van der Waals surface area (Å²) in [5, 5.41) is 3.43. The lowest BCUT2D eigenvalue weighted by Gasteiger charge is -2.19. The molecule has 2 aromatic rings. The molecule has 0 heterocycles. The van der Waals surface area contributed by atoms with E-state index in [2.05, 4.69) is 5.32 Å². The van der Waals surface area contributed by atoms with Crippen LogP contribution in [0.1, 0.15) is 24.1 Å². The van der Waals surface area contributed by atoms with Gasteiger partial charge in [0.2, 0.25) is 5.91 Å². The van der Waals surface area contributed by atoms with Crippen molar-refractivity contribution < 1.29 is 9.18 Å². The lowest BCUT2D eigenvalue weighted by molar-refractivity contribution is -0.119. The normalized spacial score (nSPS) is 11.9. The molecule has 0 radical (unpaired) electrons. The summed E-state index contributed by atoms with van der Waals surface area (Å²) in [5.41, 5.74) is 1.54. The number of nitrogens with one attached hydrogen (secondary N) is 1. The Bertz CT molecular complexity index is 583. The van der Waals surface area contributed by atoms with Crippen molar-refractivity contribution in [3.63, 3.8) is 0 Å². The van der Waals surface area contributed by atoms with E-state index in [1.54, 1.807) is 24.3 Å². The highest BCUT2D eigenvalue weighted by atomic mass is 35.5. The van der Waals surface area contributed by atoms with Gasteiger partial charge in [-0.25, -0.2) is 4.39 Å². The molecule has 98 valence electrons. The second-order valence-corrected chi connectivity index (χ2v) is 4.68. The molecular weight excluding hydrogens is 265 g/mol. The van der Waals surface area contributed by atoms with Crippen molar-refractivity contribution in [2.75, 3.05) is 0 Å². The maximum absolute atomic E-state index is 13.3. The van der Waals surface area contributed by atoms with Gasteiger partial charge in [0.1, 0.15) is 5.82 Å². The number of rotatable bonds is 3. The second kappa shape index (κ2) is 5.85. The first-order chi connectivity index (χ1) is 9.06. The number of halogens is 2. The van der Waals surface area contributed by atoms with E-state index in [1.807, 2.05) is 12.1 Å². The van der Waals surface area contributed by atoms with Crippen LogP contribution in [-0.4, -0.2) is 5.91 Å². The summed E-state index contributed by atoms with van der Waals surface area (Å²) in [6.45, 7) is 1.43. The largest absolute Gasteiger partial charge is 0.345 e. The van der Waals surface area contributed by atoms with Gasteiger partial charge in [0.05, 0.1) is 6.04 Å². The number of amides is 1. The quantitative estimate of drug-likeness (QED) is 0.910. The van der Waals surface area contributed by atoms with Crippen molar-refractivity contribution in [1.29, 1.82) is 0 Å². The second-order valence-electron chi connectivity index (χ2n) is 4.24. The minimum atomic E-state index is -0.384. The van der Waals surface area contributed by atoms with E-state index >= 15 is 0 Å². The number of carbonyl (C=O) groups is 1. The predicted octanol–water partition coefficient (Wildman–Crippen LogP) is 3.70. The van der Waals surface area contributed by atoms with Crippen LogP contribution in [0.2, 0.25) is 5.02 Å². The summed E-state index contributed by atoms with van der Waals surface area (Å²) < 4.78 is 13.3. The van der Waals surface area contributed by atoms with Crippen molar-refractivity contribution in [1.82, 2.24) is 5.32 Å². The third-order valence-corrected chi connectivity index (χ3v) is 2.98. The maximum Gasteiger partial charge on any atom is 0.217 e. The molecule has 1 amide bonds. The standard InChI is InChI=1S/C15H13ClFNO/c1-10(19)18-15(11-5-7-13(16)8-6-11)12-3-2-4-14(17)9-12/h2-9,15H,1H3,(H,18,19)/t15-/m1/s1. The maximum atomic E-state index is 13.3. The van der Waals surface area contributed by atoms with E-state index in [-0.39, 0.29) is 17.8 Å². The summed E-state index contributed by atoms with van der Waals surface area (Å²) in [6.07, 6.45) is 0. The van der Waals surface area contributed by atoms with Crippen LogP contribution in [0.3, 0.4) is 0 Å². The summed E-state index contributed by atoms with van der Waals surface area (Å²) in [7, 11) is 0. The lowest BCUT2D eigenvalue weighted by atomic mass is 9.98. The average Bonchev–Trinajstić information content (AvgIpc) is 2.37. The molecule has 0 aromatic heterocycles. The Morgan fingerprint density at radius 2 is 1.84 bits per heavy atom. The molecule has 2 nitrogen and oxygen atoms in total.